The second-order valence-corrected chi connectivity index (χ2v) is 12.7. The lowest BCUT2D eigenvalue weighted by atomic mass is 9.95. The zero-order valence-electron chi connectivity index (χ0n) is 19.1. The van der Waals surface area contributed by atoms with Gasteiger partial charge in [-0.2, -0.15) is 0 Å². The Morgan fingerprint density at radius 3 is 1.76 bits per heavy atom. The molecular formula is C26H39O2P. The van der Waals surface area contributed by atoms with E-state index in [4.69, 9.17) is 9.47 Å². The molecule has 0 unspecified atom stereocenters. The van der Waals surface area contributed by atoms with E-state index in [2.05, 4.69) is 32.9 Å². The van der Waals surface area contributed by atoms with Crippen LogP contribution in [0.3, 0.4) is 0 Å². The Bertz CT molecular complexity index is 753. The smallest absolute Gasteiger partial charge is 0.126 e. The molecule has 1 aromatic rings. The summed E-state index contributed by atoms with van der Waals surface area (Å²) >= 11 is 0. The highest BCUT2D eigenvalue weighted by atomic mass is 31.1. The monoisotopic (exact) mass is 414 g/mol. The summed E-state index contributed by atoms with van der Waals surface area (Å²) in [7, 11) is 3.49. The molecule has 0 aliphatic heterocycles. The van der Waals surface area contributed by atoms with E-state index in [1.165, 1.54) is 80.9 Å². The van der Waals surface area contributed by atoms with E-state index in [1.807, 2.05) is 14.2 Å². The van der Waals surface area contributed by atoms with Gasteiger partial charge in [0.2, 0.25) is 0 Å². The fraction of sp³-hybridized carbons (Fsp3) is 0.692. The molecule has 3 aliphatic rings. The minimum Gasteiger partial charge on any atom is -0.496 e. The van der Waals surface area contributed by atoms with Crippen LogP contribution in [-0.4, -0.2) is 25.5 Å². The van der Waals surface area contributed by atoms with Crippen LogP contribution in [0.4, 0.5) is 0 Å². The van der Waals surface area contributed by atoms with Crippen molar-refractivity contribution in [1.29, 1.82) is 0 Å². The average molecular weight is 415 g/mol. The molecule has 0 N–H and O–H groups in total. The number of fused-ring (bicyclic) bond motifs is 1. The van der Waals surface area contributed by atoms with Gasteiger partial charge in [0, 0.05) is 16.3 Å². The SMILES string of the molecule is COc1ccc(OC)c2c1C(C)=C(C)[C@]2(C)P(C1CCCCC1)C1CCCCC1. The summed E-state index contributed by atoms with van der Waals surface area (Å²) in [5.74, 6) is 2.09. The van der Waals surface area contributed by atoms with Crippen molar-refractivity contribution in [2.24, 2.45) is 0 Å². The number of hydrogen-bond donors (Lipinski definition) is 0. The van der Waals surface area contributed by atoms with Crippen LogP contribution in [0.1, 0.15) is 96.1 Å². The van der Waals surface area contributed by atoms with Crippen molar-refractivity contribution in [2.75, 3.05) is 14.2 Å². The molecule has 160 valence electrons. The Kier molecular flexibility index (Phi) is 6.31. The summed E-state index contributed by atoms with van der Waals surface area (Å²) in [6, 6.07) is 4.25. The molecule has 0 heterocycles. The van der Waals surface area contributed by atoms with Gasteiger partial charge in [-0.1, -0.05) is 52.0 Å². The van der Waals surface area contributed by atoms with Crippen molar-refractivity contribution >= 4 is 13.5 Å². The maximum Gasteiger partial charge on any atom is 0.126 e. The third kappa shape index (κ3) is 3.44. The third-order valence-electron chi connectivity index (χ3n) is 8.18. The topological polar surface area (TPSA) is 18.5 Å². The number of rotatable bonds is 5. The van der Waals surface area contributed by atoms with E-state index in [0.717, 1.165) is 22.8 Å². The Labute approximate surface area is 179 Å². The summed E-state index contributed by atoms with van der Waals surface area (Å²) in [4.78, 5) is 0. The number of benzene rings is 1. The second kappa shape index (κ2) is 8.62. The molecular weight excluding hydrogens is 375 g/mol. The summed E-state index contributed by atoms with van der Waals surface area (Å²) in [5, 5.41) is 0.110. The Hall–Kier alpha value is -1.01. The molecule has 3 aliphatic carbocycles. The minimum absolute atomic E-state index is 0.110. The van der Waals surface area contributed by atoms with E-state index in [0.29, 0.717) is 0 Å². The molecule has 0 spiro atoms. The van der Waals surface area contributed by atoms with E-state index in [-0.39, 0.29) is 13.1 Å². The standard InChI is InChI=1S/C26H39O2P/c1-18-19(2)26(3,25-23(28-5)17-16-22(27-4)24(18)25)29(20-12-8-6-9-13-20)21-14-10-7-11-15-21/h16-17,20-21H,6-15H2,1-5H3/t26-/m0/s1. The van der Waals surface area contributed by atoms with Crippen molar-refractivity contribution in [2.45, 2.75) is 101 Å². The van der Waals surface area contributed by atoms with Crippen LogP contribution in [0.2, 0.25) is 0 Å². The fourth-order valence-electron chi connectivity index (χ4n) is 6.57. The number of methoxy groups -OCH3 is 2. The van der Waals surface area contributed by atoms with Gasteiger partial charge < -0.3 is 9.47 Å². The van der Waals surface area contributed by atoms with Crippen molar-refractivity contribution in [3.63, 3.8) is 0 Å². The van der Waals surface area contributed by atoms with Gasteiger partial charge in [-0.15, -0.1) is 0 Å². The van der Waals surface area contributed by atoms with Gasteiger partial charge in [-0.3, -0.25) is 0 Å². The quantitative estimate of drug-likeness (QED) is 0.456. The zero-order chi connectivity index (χ0) is 20.6. The van der Waals surface area contributed by atoms with Gasteiger partial charge in [0.25, 0.3) is 0 Å². The van der Waals surface area contributed by atoms with Crippen LogP contribution in [0.15, 0.2) is 17.7 Å². The molecule has 2 nitrogen and oxygen atoms in total. The lowest BCUT2D eigenvalue weighted by Crippen LogP contribution is -2.33. The molecule has 2 saturated carbocycles. The van der Waals surface area contributed by atoms with Crippen LogP contribution in [0.25, 0.3) is 5.57 Å². The minimum atomic E-state index is -0.165. The predicted octanol–water partition coefficient (Wildman–Crippen LogP) is 7.87. The molecule has 3 heteroatoms. The normalized spacial score (nSPS) is 26.1. The highest BCUT2D eigenvalue weighted by molar-refractivity contribution is 7.60. The van der Waals surface area contributed by atoms with Crippen molar-refractivity contribution in [1.82, 2.24) is 0 Å². The first-order valence-corrected chi connectivity index (χ1v) is 13.2. The van der Waals surface area contributed by atoms with Crippen molar-refractivity contribution in [3.05, 3.63) is 28.8 Å². The van der Waals surface area contributed by atoms with E-state index < -0.39 is 0 Å². The highest BCUT2D eigenvalue weighted by Crippen LogP contribution is 2.74. The van der Waals surface area contributed by atoms with Gasteiger partial charge >= 0.3 is 0 Å². The first-order chi connectivity index (χ1) is 14.0. The van der Waals surface area contributed by atoms with Crippen LogP contribution in [0, 0.1) is 0 Å². The lowest BCUT2D eigenvalue weighted by Gasteiger charge is -2.49. The lowest BCUT2D eigenvalue weighted by molar-refractivity contribution is 0.395. The van der Waals surface area contributed by atoms with E-state index in [9.17, 15) is 0 Å². The third-order valence-corrected chi connectivity index (χ3v) is 12.4. The van der Waals surface area contributed by atoms with Crippen LogP contribution in [0.5, 0.6) is 11.5 Å². The summed E-state index contributed by atoms with van der Waals surface area (Å²) in [6.45, 7) is 7.31. The van der Waals surface area contributed by atoms with Gasteiger partial charge in [-0.25, -0.2) is 0 Å². The van der Waals surface area contributed by atoms with E-state index in [1.54, 1.807) is 5.57 Å². The van der Waals surface area contributed by atoms with Gasteiger partial charge in [0.1, 0.15) is 11.5 Å². The molecule has 29 heavy (non-hydrogen) atoms. The molecule has 0 bridgehead atoms. The molecule has 0 saturated heterocycles. The number of hydrogen-bond acceptors (Lipinski definition) is 2. The fourth-order valence-corrected chi connectivity index (χ4v) is 11.5. The molecule has 0 amide bonds. The van der Waals surface area contributed by atoms with Crippen molar-refractivity contribution < 1.29 is 9.47 Å². The Balaban J connectivity index is 1.90. The summed E-state index contributed by atoms with van der Waals surface area (Å²) < 4.78 is 11.9. The van der Waals surface area contributed by atoms with Gasteiger partial charge in [-0.05, 0) is 75.5 Å². The van der Waals surface area contributed by atoms with Crippen LogP contribution < -0.4 is 9.47 Å². The number of ether oxygens (including phenoxy) is 2. The molecule has 0 radical (unpaired) electrons. The Morgan fingerprint density at radius 1 is 0.793 bits per heavy atom. The Morgan fingerprint density at radius 2 is 1.28 bits per heavy atom. The summed E-state index contributed by atoms with van der Waals surface area (Å²) in [5.41, 5.74) is 7.57. The van der Waals surface area contributed by atoms with Crippen LogP contribution in [-0.2, 0) is 5.16 Å². The predicted molar refractivity (Wildman–Crippen MR) is 126 cm³/mol. The molecule has 2 fully saturated rings. The largest absolute Gasteiger partial charge is 0.496 e. The van der Waals surface area contributed by atoms with Gasteiger partial charge in [0.05, 0.1) is 14.2 Å². The summed E-state index contributed by atoms with van der Waals surface area (Å²) in [6.07, 6.45) is 14.3. The van der Waals surface area contributed by atoms with E-state index >= 15 is 0 Å². The number of allylic oxidation sites excluding steroid dienone is 2. The molecule has 1 aromatic carbocycles. The highest BCUT2D eigenvalue weighted by Gasteiger charge is 2.51. The molecule has 4 rings (SSSR count). The molecule has 0 aromatic heterocycles. The average Bonchev–Trinajstić information content (AvgIpc) is 2.97. The maximum atomic E-state index is 6.00. The van der Waals surface area contributed by atoms with Crippen LogP contribution >= 0.6 is 7.92 Å². The molecule has 1 atom stereocenters. The first-order valence-electron chi connectivity index (χ1n) is 11.8. The maximum absolute atomic E-state index is 6.00. The first kappa shape index (κ1) is 21.2. The zero-order valence-corrected chi connectivity index (χ0v) is 20.0. The van der Waals surface area contributed by atoms with Crippen molar-refractivity contribution in [3.8, 4) is 11.5 Å². The van der Waals surface area contributed by atoms with Gasteiger partial charge in [0.15, 0.2) is 0 Å². The second-order valence-electron chi connectivity index (χ2n) is 9.53.